The summed E-state index contributed by atoms with van der Waals surface area (Å²) < 4.78 is 7.66. The van der Waals surface area contributed by atoms with Crippen LogP contribution in [0.3, 0.4) is 0 Å². The minimum absolute atomic E-state index is 0.614. The number of hydrogen-bond acceptors (Lipinski definition) is 3. The maximum atomic E-state index is 5.64. The minimum Gasteiger partial charge on any atom is -0.492 e. The molecule has 0 fully saturated rings. The lowest BCUT2D eigenvalue weighted by Crippen LogP contribution is -2.11. The Hall–Kier alpha value is -2.23. The van der Waals surface area contributed by atoms with Gasteiger partial charge in [0.05, 0.1) is 6.54 Å². The van der Waals surface area contributed by atoms with Crippen LogP contribution in [0.4, 0.5) is 5.95 Å². The van der Waals surface area contributed by atoms with Crippen molar-refractivity contribution in [1.82, 2.24) is 9.55 Å². The molecule has 1 N–H and O–H groups in total. The summed E-state index contributed by atoms with van der Waals surface area (Å²) in [4.78, 5) is 4.23. The van der Waals surface area contributed by atoms with Crippen molar-refractivity contribution >= 4 is 5.95 Å². The molecule has 0 radical (unpaired) electrons. The van der Waals surface area contributed by atoms with E-state index in [0.29, 0.717) is 13.2 Å². The van der Waals surface area contributed by atoms with Crippen molar-refractivity contribution < 1.29 is 4.74 Å². The molecule has 0 amide bonds. The van der Waals surface area contributed by atoms with E-state index in [1.807, 2.05) is 41.1 Å². The highest BCUT2D eigenvalue weighted by Crippen LogP contribution is 2.09. The normalized spacial score (nSPS) is 10.0. The summed E-state index contributed by atoms with van der Waals surface area (Å²) in [6.07, 6.45) is 5.51. The van der Waals surface area contributed by atoms with Crippen molar-refractivity contribution in [2.45, 2.75) is 6.54 Å². The number of rotatable bonds is 7. The number of ether oxygens (including phenoxy) is 1. The molecule has 0 saturated heterocycles. The lowest BCUT2D eigenvalue weighted by atomic mass is 10.3. The molecule has 0 unspecified atom stereocenters. The number of para-hydroxylation sites is 1. The highest BCUT2D eigenvalue weighted by molar-refractivity contribution is 5.26. The molecule has 0 saturated carbocycles. The molecule has 0 atom stereocenters. The second-order valence-electron chi connectivity index (χ2n) is 3.78. The van der Waals surface area contributed by atoms with E-state index in [9.17, 15) is 0 Å². The third kappa shape index (κ3) is 3.38. The fourth-order valence-electron chi connectivity index (χ4n) is 1.60. The van der Waals surface area contributed by atoms with Crippen LogP contribution >= 0.6 is 0 Å². The molecule has 1 aromatic heterocycles. The minimum atomic E-state index is 0.614. The van der Waals surface area contributed by atoms with Gasteiger partial charge in [0.1, 0.15) is 12.4 Å². The van der Waals surface area contributed by atoms with Crippen molar-refractivity contribution in [1.29, 1.82) is 0 Å². The zero-order chi connectivity index (χ0) is 12.6. The Morgan fingerprint density at radius 1 is 1.33 bits per heavy atom. The van der Waals surface area contributed by atoms with Gasteiger partial charge in [0.15, 0.2) is 0 Å². The van der Waals surface area contributed by atoms with E-state index >= 15 is 0 Å². The monoisotopic (exact) mass is 243 g/mol. The zero-order valence-electron chi connectivity index (χ0n) is 10.2. The van der Waals surface area contributed by atoms with E-state index in [1.54, 1.807) is 12.3 Å². The number of nitrogens with zero attached hydrogens (tertiary/aromatic N) is 2. The van der Waals surface area contributed by atoms with E-state index in [4.69, 9.17) is 4.74 Å². The van der Waals surface area contributed by atoms with Crippen molar-refractivity contribution in [3.05, 3.63) is 55.4 Å². The van der Waals surface area contributed by atoms with Crippen LogP contribution in [0.25, 0.3) is 0 Å². The van der Waals surface area contributed by atoms with Gasteiger partial charge >= 0.3 is 0 Å². The molecular weight excluding hydrogens is 226 g/mol. The van der Waals surface area contributed by atoms with Crippen molar-refractivity contribution in [2.75, 3.05) is 18.5 Å². The topological polar surface area (TPSA) is 39.1 Å². The third-order valence-electron chi connectivity index (χ3n) is 2.46. The van der Waals surface area contributed by atoms with Crippen LogP contribution in [0.1, 0.15) is 0 Å². The molecular formula is C14H17N3O. The van der Waals surface area contributed by atoms with Crippen LogP contribution in [0.5, 0.6) is 5.75 Å². The first-order valence-electron chi connectivity index (χ1n) is 5.94. The smallest absolute Gasteiger partial charge is 0.203 e. The van der Waals surface area contributed by atoms with Gasteiger partial charge in [-0.1, -0.05) is 24.3 Å². The van der Waals surface area contributed by atoms with Gasteiger partial charge < -0.3 is 14.6 Å². The number of nitrogens with one attached hydrogen (secondary N) is 1. The second-order valence-corrected chi connectivity index (χ2v) is 3.78. The lowest BCUT2D eigenvalue weighted by molar-refractivity contribution is 0.299. The molecule has 1 aromatic carbocycles. The van der Waals surface area contributed by atoms with Gasteiger partial charge in [-0.15, -0.1) is 6.58 Å². The molecule has 0 bridgehead atoms. The molecule has 0 spiro atoms. The maximum absolute atomic E-state index is 5.64. The summed E-state index contributed by atoms with van der Waals surface area (Å²) in [6.45, 7) is 5.74. The van der Waals surface area contributed by atoms with Crippen LogP contribution in [-0.4, -0.2) is 22.7 Å². The van der Waals surface area contributed by atoms with E-state index in [-0.39, 0.29) is 0 Å². The molecule has 4 heteroatoms. The molecule has 0 aliphatic heterocycles. The quantitative estimate of drug-likeness (QED) is 0.760. The summed E-state index contributed by atoms with van der Waals surface area (Å²) in [5, 5.41) is 3.17. The first-order valence-corrected chi connectivity index (χ1v) is 5.94. The number of hydrogen-bond donors (Lipinski definition) is 1. The summed E-state index contributed by atoms with van der Waals surface area (Å²) in [6, 6.07) is 9.79. The molecule has 0 aliphatic rings. The van der Waals surface area contributed by atoms with Gasteiger partial charge in [-0.05, 0) is 12.1 Å². The first-order chi connectivity index (χ1) is 8.90. The molecule has 2 aromatic rings. The Morgan fingerprint density at radius 3 is 2.94 bits per heavy atom. The Labute approximate surface area is 107 Å². The summed E-state index contributed by atoms with van der Waals surface area (Å²) in [7, 11) is 0. The van der Waals surface area contributed by atoms with Crippen molar-refractivity contribution in [3.63, 3.8) is 0 Å². The lowest BCUT2D eigenvalue weighted by Gasteiger charge is -2.09. The number of aromatic nitrogens is 2. The van der Waals surface area contributed by atoms with Crippen LogP contribution in [0.15, 0.2) is 55.4 Å². The van der Waals surface area contributed by atoms with E-state index in [0.717, 1.165) is 18.2 Å². The Bertz CT molecular complexity index is 479. The summed E-state index contributed by atoms with van der Waals surface area (Å²) >= 11 is 0. The Kier molecular flexibility index (Phi) is 4.41. The maximum Gasteiger partial charge on any atom is 0.203 e. The zero-order valence-corrected chi connectivity index (χ0v) is 10.2. The van der Waals surface area contributed by atoms with Gasteiger partial charge in [-0.25, -0.2) is 4.98 Å². The predicted octanol–water partition coefficient (Wildman–Crippen LogP) is 2.56. The van der Waals surface area contributed by atoms with E-state index in [2.05, 4.69) is 16.9 Å². The highest BCUT2D eigenvalue weighted by atomic mass is 16.5. The third-order valence-corrected chi connectivity index (χ3v) is 2.46. The average Bonchev–Trinajstić information content (AvgIpc) is 2.85. The molecule has 18 heavy (non-hydrogen) atoms. The second kappa shape index (κ2) is 6.49. The molecule has 2 rings (SSSR count). The van der Waals surface area contributed by atoms with Gasteiger partial charge in [-0.3, -0.25) is 0 Å². The Morgan fingerprint density at radius 2 is 2.17 bits per heavy atom. The van der Waals surface area contributed by atoms with Gasteiger partial charge in [0.2, 0.25) is 5.95 Å². The van der Waals surface area contributed by atoms with Gasteiger partial charge in [-0.2, -0.15) is 0 Å². The van der Waals surface area contributed by atoms with Crippen LogP contribution in [0.2, 0.25) is 0 Å². The summed E-state index contributed by atoms with van der Waals surface area (Å²) in [5.74, 6) is 1.73. The van der Waals surface area contributed by atoms with E-state index < -0.39 is 0 Å². The van der Waals surface area contributed by atoms with Crippen LogP contribution in [-0.2, 0) is 6.54 Å². The summed E-state index contributed by atoms with van der Waals surface area (Å²) in [5.41, 5.74) is 0. The van der Waals surface area contributed by atoms with Crippen molar-refractivity contribution in [3.8, 4) is 5.75 Å². The molecule has 0 aliphatic carbocycles. The molecule has 1 heterocycles. The number of benzene rings is 1. The van der Waals surface area contributed by atoms with Crippen molar-refractivity contribution in [2.24, 2.45) is 0 Å². The van der Waals surface area contributed by atoms with Crippen LogP contribution < -0.4 is 10.1 Å². The average molecular weight is 243 g/mol. The SMILES string of the molecule is C=CCNc1nccn1CCOc1ccccc1. The van der Waals surface area contributed by atoms with E-state index in [1.165, 1.54) is 0 Å². The fraction of sp³-hybridized carbons (Fsp3) is 0.214. The molecule has 94 valence electrons. The highest BCUT2D eigenvalue weighted by Gasteiger charge is 2.00. The number of anilines is 1. The van der Waals surface area contributed by atoms with Gasteiger partial charge in [0, 0.05) is 18.9 Å². The largest absolute Gasteiger partial charge is 0.492 e. The molecule has 4 nitrogen and oxygen atoms in total. The van der Waals surface area contributed by atoms with Crippen LogP contribution in [0, 0.1) is 0 Å². The first kappa shape index (κ1) is 12.2. The Balaban J connectivity index is 1.83. The predicted molar refractivity (Wildman–Crippen MR) is 72.9 cm³/mol. The number of imidazole rings is 1. The standard InChI is InChI=1S/C14H17N3O/c1-2-8-15-14-16-9-10-17(14)11-12-18-13-6-4-3-5-7-13/h2-7,9-10H,1,8,11-12H2,(H,15,16). The van der Waals surface area contributed by atoms with Gasteiger partial charge in [0.25, 0.3) is 0 Å². The fourth-order valence-corrected chi connectivity index (χ4v) is 1.60.